The first-order valence-electron chi connectivity index (χ1n) is 7.77. The van der Waals surface area contributed by atoms with E-state index in [-0.39, 0.29) is 17.6 Å². The molecule has 5 heteroatoms. The Morgan fingerprint density at radius 1 is 1.36 bits per heavy atom. The van der Waals surface area contributed by atoms with Crippen LogP contribution >= 0.6 is 0 Å². The molecular weight excluding hydrogens is 285 g/mol. The van der Waals surface area contributed by atoms with Gasteiger partial charge in [0.15, 0.2) is 0 Å². The van der Waals surface area contributed by atoms with E-state index in [4.69, 9.17) is 0 Å². The Hall–Kier alpha value is -1.91. The van der Waals surface area contributed by atoms with Gasteiger partial charge in [-0.25, -0.2) is 9.18 Å². The Kier molecular flexibility index (Phi) is 5.52. The van der Waals surface area contributed by atoms with Crippen molar-refractivity contribution in [3.05, 3.63) is 35.6 Å². The standard InChI is InChI=1S/C17H22FNO3/c1-12(9-10-13-6-2-3-7-14(13)18)16(20)19-11-5-4-8-15(19)17(21)22/h2-3,6-7,12,15H,4-5,8-11H2,1H3,(H,21,22). The van der Waals surface area contributed by atoms with Crippen LogP contribution < -0.4 is 0 Å². The van der Waals surface area contributed by atoms with Crippen LogP contribution in [0.25, 0.3) is 0 Å². The lowest BCUT2D eigenvalue weighted by atomic mass is 9.96. The van der Waals surface area contributed by atoms with Crippen LogP contribution in [0.1, 0.15) is 38.2 Å². The molecule has 1 fully saturated rings. The molecule has 0 saturated carbocycles. The summed E-state index contributed by atoms with van der Waals surface area (Å²) in [6, 6.07) is 5.83. The second kappa shape index (κ2) is 7.38. The highest BCUT2D eigenvalue weighted by Gasteiger charge is 2.33. The first-order valence-corrected chi connectivity index (χ1v) is 7.77. The van der Waals surface area contributed by atoms with E-state index in [1.54, 1.807) is 25.1 Å². The number of rotatable bonds is 5. The van der Waals surface area contributed by atoms with Crippen LogP contribution in [0, 0.1) is 11.7 Å². The molecular formula is C17H22FNO3. The van der Waals surface area contributed by atoms with Crippen LogP contribution in [0.3, 0.4) is 0 Å². The summed E-state index contributed by atoms with van der Waals surface area (Å²) in [6.07, 6.45) is 3.19. The van der Waals surface area contributed by atoms with Crippen LogP contribution in [0.4, 0.5) is 4.39 Å². The van der Waals surface area contributed by atoms with Gasteiger partial charge in [-0.2, -0.15) is 0 Å². The number of hydrogen-bond donors (Lipinski definition) is 1. The number of carboxylic acid groups (broad SMARTS) is 1. The average molecular weight is 307 g/mol. The highest BCUT2D eigenvalue weighted by Crippen LogP contribution is 2.22. The molecule has 2 atom stereocenters. The SMILES string of the molecule is CC(CCc1ccccc1F)C(=O)N1CCCCC1C(=O)O. The molecule has 1 N–H and O–H groups in total. The van der Waals surface area contributed by atoms with Crippen molar-refractivity contribution in [3.63, 3.8) is 0 Å². The van der Waals surface area contributed by atoms with Crippen LogP contribution in [-0.4, -0.2) is 34.5 Å². The molecule has 2 unspecified atom stereocenters. The molecule has 2 rings (SSSR count). The van der Waals surface area contributed by atoms with Crippen molar-refractivity contribution in [1.82, 2.24) is 4.90 Å². The van der Waals surface area contributed by atoms with Crippen molar-refractivity contribution < 1.29 is 19.1 Å². The van der Waals surface area contributed by atoms with Gasteiger partial charge < -0.3 is 10.0 Å². The minimum atomic E-state index is -0.936. The molecule has 1 aromatic carbocycles. The lowest BCUT2D eigenvalue weighted by Gasteiger charge is -2.34. The van der Waals surface area contributed by atoms with E-state index in [1.807, 2.05) is 0 Å². The number of carbonyl (C=O) groups excluding carboxylic acids is 1. The highest BCUT2D eigenvalue weighted by atomic mass is 19.1. The molecule has 0 aliphatic carbocycles. The minimum Gasteiger partial charge on any atom is -0.480 e. The van der Waals surface area contributed by atoms with Gasteiger partial charge in [0, 0.05) is 12.5 Å². The molecule has 1 aliphatic rings. The zero-order valence-corrected chi connectivity index (χ0v) is 12.8. The molecule has 0 spiro atoms. The average Bonchev–Trinajstić information content (AvgIpc) is 2.53. The maximum atomic E-state index is 13.6. The van der Waals surface area contributed by atoms with Crippen molar-refractivity contribution in [2.75, 3.05) is 6.54 Å². The number of hydrogen-bond acceptors (Lipinski definition) is 2. The van der Waals surface area contributed by atoms with Crippen molar-refractivity contribution in [3.8, 4) is 0 Å². The molecule has 1 amide bonds. The molecule has 1 saturated heterocycles. The van der Waals surface area contributed by atoms with Gasteiger partial charge in [0.2, 0.25) is 5.91 Å². The number of halogens is 1. The van der Waals surface area contributed by atoms with Gasteiger partial charge in [0.1, 0.15) is 11.9 Å². The van der Waals surface area contributed by atoms with Crippen LogP contribution in [-0.2, 0) is 16.0 Å². The zero-order valence-electron chi connectivity index (χ0n) is 12.8. The topological polar surface area (TPSA) is 57.6 Å². The van der Waals surface area contributed by atoms with E-state index in [0.717, 1.165) is 12.8 Å². The quantitative estimate of drug-likeness (QED) is 0.910. The fourth-order valence-corrected chi connectivity index (χ4v) is 2.93. The molecule has 120 valence electrons. The van der Waals surface area contributed by atoms with Gasteiger partial charge in [0.25, 0.3) is 0 Å². The van der Waals surface area contributed by atoms with Gasteiger partial charge in [-0.15, -0.1) is 0 Å². The van der Waals surface area contributed by atoms with E-state index in [1.165, 1.54) is 11.0 Å². The summed E-state index contributed by atoms with van der Waals surface area (Å²) in [7, 11) is 0. The number of benzene rings is 1. The molecule has 4 nitrogen and oxygen atoms in total. The van der Waals surface area contributed by atoms with Gasteiger partial charge in [-0.3, -0.25) is 4.79 Å². The molecule has 0 radical (unpaired) electrons. The van der Waals surface area contributed by atoms with Gasteiger partial charge >= 0.3 is 5.97 Å². The summed E-state index contributed by atoms with van der Waals surface area (Å²) < 4.78 is 13.6. The van der Waals surface area contributed by atoms with Gasteiger partial charge in [0.05, 0.1) is 0 Å². The Morgan fingerprint density at radius 2 is 2.09 bits per heavy atom. The predicted molar refractivity (Wildman–Crippen MR) is 80.9 cm³/mol. The number of nitrogens with zero attached hydrogens (tertiary/aromatic N) is 1. The smallest absolute Gasteiger partial charge is 0.326 e. The summed E-state index contributed by atoms with van der Waals surface area (Å²) >= 11 is 0. The van der Waals surface area contributed by atoms with Crippen molar-refractivity contribution in [2.45, 2.75) is 45.1 Å². The van der Waals surface area contributed by atoms with Crippen molar-refractivity contribution in [2.24, 2.45) is 5.92 Å². The van der Waals surface area contributed by atoms with Crippen molar-refractivity contribution in [1.29, 1.82) is 0 Å². The van der Waals surface area contributed by atoms with Crippen LogP contribution in [0.15, 0.2) is 24.3 Å². The first kappa shape index (κ1) is 16.5. The fourth-order valence-electron chi connectivity index (χ4n) is 2.93. The summed E-state index contributed by atoms with van der Waals surface area (Å²) in [6.45, 7) is 2.29. The molecule has 1 heterocycles. The minimum absolute atomic E-state index is 0.136. The van der Waals surface area contributed by atoms with Crippen LogP contribution in [0.2, 0.25) is 0 Å². The largest absolute Gasteiger partial charge is 0.480 e. The van der Waals surface area contributed by atoms with E-state index in [0.29, 0.717) is 31.4 Å². The number of carbonyl (C=O) groups is 2. The predicted octanol–water partition coefficient (Wildman–Crippen LogP) is 2.86. The lowest BCUT2D eigenvalue weighted by Crippen LogP contribution is -2.49. The van der Waals surface area contributed by atoms with E-state index in [9.17, 15) is 19.1 Å². The van der Waals surface area contributed by atoms with Gasteiger partial charge in [-0.1, -0.05) is 25.1 Å². The third-order valence-corrected chi connectivity index (χ3v) is 4.30. The fraction of sp³-hybridized carbons (Fsp3) is 0.529. The number of likely N-dealkylation sites (tertiary alicyclic amines) is 1. The molecule has 22 heavy (non-hydrogen) atoms. The maximum absolute atomic E-state index is 13.6. The molecule has 1 aromatic rings. The molecule has 0 aromatic heterocycles. The highest BCUT2D eigenvalue weighted by molar-refractivity contribution is 5.85. The number of aliphatic carboxylic acids is 1. The second-order valence-corrected chi connectivity index (χ2v) is 5.91. The summed E-state index contributed by atoms with van der Waals surface area (Å²) in [5.74, 6) is -1.64. The van der Waals surface area contributed by atoms with Crippen molar-refractivity contribution >= 4 is 11.9 Å². The Bertz CT molecular complexity index is 546. The maximum Gasteiger partial charge on any atom is 0.326 e. The number of amides is 1. The van der Waals surface area contributed by atoms with E-state index >= 15 is 0 Å². The molecule has 1 aliphatic heterocycles. The summed E-state index contributed by atoms with van der Waals surface area (Å²) in [5.41, 5.74) is 0.593. The Balaban J connectivity index is 1.96. The van der Waals surface area contributed by atoms with E-state index in [2.05, 4.69) is 0 Å². The number of carboxylic acids is 1. The normalized spacial score (nSPS) is 19.7. The lowest BCUT2D eigenvalue weighted by molar-refractivity contribution is -0.153. The number of piperidine rings is 1. The third-order valence-electron chi connectivity index (χ3n) is 4.30. The second-order valence-electron chi connectivity index (χ2n) is 5.91. The Labute approximate surface area is 129 Å². The molecule has 0 bridgehead atoms. The zero-order chi connectivity index (χ0) is 16.1. The van der Waals surface area contributed by atoms with Crippen LogP contribution in [0.5, 0.6) is 0 Å². The third kappa shape index (κ3) is 3.84. The number of aryl methyl sites for hydroxylation is 1. The van der Waals surface area contributed by atoms with E-state index < -0.39 is 12.0 Å². The summed E-state index contributed by atoms with van der Waals surface area (Å²) in [4.78, 5) is 25.2. The van der Waals surface area contributed by atoms with Gasteiger partial charge in [-0.05, 0) is 43.7 Å². The Morgan fingerprint density at radius 3 is 2.77 bits per heavy atom. The first-order chi connectivity index (χ1) is 10.5. The summed E-state index contributed by atoms with van der Waals surface area (Å²) in [5, 5.41) is 9.24. The monoisotopic (exact) mass is 307 g/mol.